The fraction of sp³-hybridized carbons (Fsp3) is 0.400. The number of anilines is 2. The highest BCUT2D eigenvalue weighted by atomic mass is 35.6. The highest BCUT2D eigenvalue weighted by Crippen LogP contribution is 2.38. The lowest BCUT2D eigenvalue weighted by Gasteiger charge is -2.31. The molecule has 248 valence electrons. The third kappa shape index (κ3) is 13.4. The van der Waals surface area contributed by atoms with Crippen LogP contribution in [0.5, 0.6) is 0 Å². The van der Waals surface area contributed by atoms with Gasteiger partial charge in [-0.3, -0.25) is 5.32 Å². The van der Waals surface area contributed by atoms with E-state index in [-0.39, 0.29) is 0 Å². The molecule has 2 fully saturated rings. The average molecular weight is 794 g/mol. The molecule has 8 nitrogen and oxygen atoms in total. The molecule has 1 heterocycles. The topological polar surface area (TPSA) is 120 Å². The molecule has 2 aromatic carbocycles. The number of halogens is 8. The van der Waals surface area contributed by atoms with Crippen molar-refractivity contribution in [3.63, 3.8) is 0 Å². The van der Waals surface area contributed by atoms with E-state index in [4.69, 9.17) is 103 Å². The SMILES string of the molecule is C[C@@]1(C#CC2CC2)OC(=O)Nc2ccc(Cl)cc21.C[C@](O)(C#CC1CC1)c1cc(Cl)ccc1N.O=C(OC(Cl)(Cl)Cl)OC(Cl)(Cl)Cl. The molecule has 2 atom stereocenters. The molecule has 0 bridgehead atoms. The molecule has 1 aliphatic heterocycles. The lowest BCUT2D eigenvalue weighted by Crippen LogP contribution is -2.36. The van der Waals surface area contributed by atoms with E-state index in [2.05, 4.69) is 38.5 Å². The summed E-state index contributed by atoms with van der Waals surface area (Å²) in [5.74, 6) is 13.1. The summed E-state index contributed by atoms with van der Waals surface area (Å²) in [6, 6.07) is 10.3. The summed E-state index contributed by atoms with van der Waals surface area (Å²) in [4.78, 5) is 22.1. The van der Waals surface area contributed by atoms with Gasteiger partial charge in [-0.2, -0.15) is 0 Å². The Morgan fingerprint density at radius 3 is 2.02 bits per heavy atom. The average Bonchev–Trinajstić information content (AvgIpc) is 3.82. The number of carbonyl (C=O) groups is 2. The van der Waals surface area contributed by atoms with Crippen molar-refractivity contribution in [3.8, 4) is 23.7 Å². The van der Waals surface area contributed by atoms with Gasteiger partial charge in [-0.05, 0) is 146 Å². The van der Waals surface area contributed by atoms with Gasteiger partial charge in [-0.1, -0.05) is 46.9 Å². The molecule has 0 saturated heterocycles. The molecular formula is C30H26Cl8N2O6. The van der Waals surface area contributed by atoms with Gasteiger partial charge in [0.25, 0.3) is 0 Å². The number of aliphatic hydroxyl groups is 1. The molecule has 2 aliphatic carbocycles. The number of ether oxygens (including phenoxy) is 3. The van der Waals surface area contributed by atoms with Crippen LogP contribution in [0.25, 0.3) is 0 Å². The molecule has 2 saturated carbocycles. The largest absolute Gasteiger partial charge is 0.515 e. The summed E-state index contributed by atoms with van der Waals surface area (Å²) in [5.41, 5.74) is 6.28. The summed E-state index contributed by atoms with van der Waals surface area (Å²) in [5, 5.41) is 14.1. The second kappa shape index (κ2) is 15.6. The van der Waals surface area contributed by atoms with Crippen molar-refractivity contribution in [2.24, 2.45) is 11.8 Å². The molecule has 0 aromatic heterocycles. The molecule has 4 N–H and O–H groups in total. The van der Waals surface area contributed by atoms with E-state index in [1.54, 1.807) is 50.2 Å². The molecule has 0 unspecified atom stereocenters. The summed E-state index contributed by atoms with van der Waals surface area (Å²) in [7, 11) is 0. The molecule has 16 heteroatoms. The smallest absolute Gasteiger partial charge is 0.425 e. The highest BCUT2D eigenvalue weighted by molar-refractivity contribution is 6.67. The lowest BCUT2D eigenvalue weighted by molar-refractivity contribution is 0.0508. The Morgan fingerprint density at radius 1 is 0.957 bits per heavy atom. The normalized spacial score (nSPS) is 19.6. The number of fused-ring (bicyclic) bond motifs is 1. The number of nitrogen functional groups attached to an aromatic ring is 1. The summed E-state index contributed by atoms with van der Waals surface area (Å²) < 4.78 is 8.86. The number of benzene rings is 2. The zero-order chi connectivity index (χ0) is 34.5. The number of nitrogens with two attached hydrogens (primary N) is 1. The standard InChI is InChI=1S/C14H12ClNO2.C13H14ClNO.C3Cl6O3/c1-14(7-6-9-2-3-9)11-8-10(15)4-5-12(11)16-13(17)18-14;1-13(16,7-6-9-2-3-9)11-8-10(14)4-5-12(11)15;4-2(5,6)11-1(10)12-3(7,8)9/h4-5,8-9H,2-3H2,1H3,(H,16,17);4-5,8-9,16H,2-3,15H2,1H3;/t14-;13-;/m00./s1. The molecule has 1 amide bonds. The monoisotopic (exact) mass is 790 g/mol. The summed E-state index contributed by atoms with van der Waals surface area (Å²) >= 11 is 42.1. The molecular weight excluding hydrogens is 768 g/mol. The predicted molar refractivity (Wildman–Crippen MR) is 183 cm³/mol. The molecule has 3 aliphatic rings. The van der Waals surface area contributed by atoms with E-state index in [0.717, 1.165) is 31.2 Å². The van der Waals surface area contributed by atoms with E-state index >= 15 is 0 Å². The lowest BCUT2D eigenvalue weighted by atomic mass is 9.93. The molecule has 5 rings (SSSR count). The highest BCUT2D eigenvalue weighted by Gasteiger charge is 2.37. The van der Waals surface area contributed by atoms with E-state index < -0.39 is 31.4 Å². The van der Waals surface area contributed by atoms with Crippen LogP contribution in [0.15, 0.2) is 36.4 Å². The number of rotatable bonds is 1. The van der Waals surface area contributed by atoms with Gasteiger partial charge in [0, 0.05) is 38.7 Å². The van der Waals surface area contributed by atoms with Crippen LogP contribution in [-0.4, -0.2) is 25.3 Å². The van der Waals surface area contributed by atoms with Gasteiger partial charge in [-0.15, -0.1) is 0 Å². The minimum atomic E-state index is -2.24. The van der Waals surface area contributed by atoms with E-state index in [0.29, 0.717) is 38.8 Å². The second-order valence-electron chi connectivity index (χ2n) is 10.5. The Kier molecular flexibility index (Phi) is 13.1. The molecule has 0 radical (unpaired) electrons. The Morgan fingerprint density at radius 2 is 1.48 bits per heavy atom. The fourth-order valence-electron chi connectivity index (χ4n) is 3.65. The first-order valence-corrected chi connectivity index (χ1v) is 16.4. The number of carbonyl (C=O) groups excluding carboxylic acids is 2. The number of amides is 1. The van der Waals surface area contributed by atoms with Gasteiger partial charge in [0.2, 0.25) is 0 Å². The van der Waals surface area contributed by atoms with E-state index in [1.165, 1.54) is 0 Å². The van der Waals surface area contributed by atoms with Crippen LogP contribution in [0.2, 0.25) is 10.0 Å². The van der Waals surface area contributed by atoms with Crippen LogP contribution >= 0.6 is 92.8 Å². The summed E-state index contributed by atoms with van der Waals surface area (Å²) in [6.45, 7) is 3.45. The third-order valence-electron chi connectivity index (χ3n) is 6.16. The first-order chi connectivity index (χ1) is 21.2. The van der Waals surface area contributed by atoms with E-state index in [1.807, 2.05) is 0 Å². The van der Waals surface area contributed by atoms with Crippen LogP contribution in [0.3, 0.4) is 0 Å². The molecule has 2 aromatic rings. The van der Waals surface area contributed by atoms with Gasteiger partial charge in [-0.25, -0.2) is 9.59 Å². The van der Waals surface area contributed by atoms with Crippen molar-refractivity contribution in [2.75, 3.05) is 11.1 Å². The Bertz CT molecular complexity index is 1560. The summed E-state index contributed by atoms with van der Waals surface area (Å²) in [6.07, 6.45) is 2.66. The quantitative estimate of drug-likeness (QED) is 0.114. The van der Waals surface area contributed by atoms with Crippen LogP contribution in [-0.2, 0) is 25.4 Å². The van der Waals surface area contributed by atoms with Gasteiger partial charge >= 0.3 is 20.2 Å². The maximum Gasteiger partial charge on any atom is 0.515 e. The zero-order valence-electron chi connectivity index (χ0n) is 24.0. The van der Waals surface area contributed by atoms with Crippen molar-refractivity contribution in [1.29, 1.82) is 0 Å². The van der Waals surface area contributed by atoms with Crippen LogP contribution in [0.1, 0.15) is 50.7 Å². The van der Waals surface area contributed by atoms with Gasteiger partial charge in [0.15, 0.2) is 5.60 Å². The number of hydrogen-bond donors (Lipinski definition) is 3. The Balaban J connectivity index is 0.000000193. The van der Waals surface area contributed by atoms with Crippen molar-refractivity contribution in [3.05, 3.63) is 57.6 Å². The Hall–Kier alpha value is -1.82. The van der Waals surface area contributed by atoms with Gasteiger partial charge < -0.3 is 25.1 Å². The number of nitrogens with one attached hydrogen (secondary N) is 1. The number of cyclic esters (lactones) is 1. The number of hydrogen-bond acceptors (Lipinski definition) is 7. The fourth-order valence-corrected chi connectivity index (χ4v) is 4.38. The first-order valence-electron chi connectivity index (χ1n) is 13.3. The van der Waals surface area contributed by atoms with Gasteiger partial charge in [0.05, 0.1) is 5.69 Å². The third-order valence-corrected chi connectivity index (χ3v) is 7.09. The van der Waals surface area contributed by atoms with Gasteiger partial charge in [0.1, 0.15) is 5.60 Å². The maximum absolute atomic E-state index is 11.6. The van der Waals surface area contributed by atoms with E-state index in [9.17, 15) is 14.7 Å². The first kappa shape index (κ1) is 38.6. The van der Waals surface area contributed by atoms with Crippen molar-refractivity contribution < 1.29 is 28.9 Å². The van der Waals surface area contributed by atoms with Crippen LogP contribution < -0.4 is 11.1 Å². The van der Waals surface area contributed by atoms with Crippen LogP contribution in [0, 0.1) is 35.5 Å². The second-order valence-corrected chi connectivity index (χ2v) is 15.7. The predicted octanol–water partition coefficient (Wildman–Crippen LogP) is 9.87. The minimum absolute atomic E-state index is 0.451. The van der Waals surface area contributed by atoms with Crippen molar-refractivity contribution in [2.45, 2.75) is 58.7 Å². The molecule has 0 spiro atoms. The van der Waals surface area contributed by atoms with Crippen LogP contribution in [0.4, 0.5) is 21.0 Å². The zero-order valence-corrected chi connectivity index (χ0v) is 30.1. The number of alkyl halides is 6. The molecule has 46 heavy (non-hydrogen) atoms. The maximum atomic E-state index is 11.6. The Labute approximate surface area is 306 Å². The minimum Gasteiger partial charge on any atom is -0.425 e. The van der Waals surface area contributed by atoms with Crippen molar-refractivity contribution >= 4 is 116 Å². The van der Waals surface area contributed by atoms with Crippen molar-refractivity contribution in [1.82, 2.24) is 0 Å².